The van der Waals surface area contributed by atoms with Gasteiger partial charge in [-0.15, -0.1) is 0 Å². The fourth-order valence-electron chi connectivity index (χ4n) is 4.19. The Morgan fingerprint density at radius 3 is 2.11 bits per heavy atom. The Kier molecular flexibility index (Phi) is 8.65. The van der Waals surface area contributed by atoms with Crippen molar-refractivity contribution in [2.75, 3.05) is 6.61 Å². The third-order valence-corrected chi connectivity index (χ3v) is 7.05. The summed E-state index contributed by atoms with van der Waals surface area (Å²) in [5.74, 6) is -1.08. The first kappa shape index (κ1) is 27.9. The van der Waals surface area contributed by atoms with Gasteiger partial charge in [0.15, 0.2) is 0 Å². The summed E-state index contributed by atoms with van der Waals surface area (Å²) in [5.41, 5.74) is 2.04. The van der Waals surface area contributed by atoms with Gasteiger partial charge < -0.3 is 25.0 Å². The van der Waals surface area contributed by atoms with Gasteiger partial charge in [-0.1, -0.05) is 56.3 Å². The summed E-state index contributed by atoms with van der Waals surface area (Å²) >= 11 is 0. The number of carbonyl (C=O) groups is 2. The summed E-state index contributed by atoms with van der Waals surface area (Å²) in [6.45, 7) is 13.3. The molecule has 0 spiro atoms. The molecule has 0 bridgehead atoms. The molecule has 1 fully saturated rings. The van der Waals surface area contributed by atoms with Crippen LogP contribution in [0.2, 0.25) is 0 Å². The number of benzene rings is 2. The maximum Gasteiger partial charge on any atom is 0.481 e. The molecule has 2 aromatic carbocycles. The zero-order chi connectivity index (χ0) is 26.7. The van der Waals surface area contributed by atoms with E-state index in [4.69, 9.17) is 9.31 Å². The monoisotopic (exact) mass is 494 g/mol. The molecule has 3 N–H and O–H groups in total. The lowest BCUT2D eigenvalue weighted by molar-refractivity contribution is -0.124. The van der Waals surface area contributed by atoms with E-state index in [9.17, 15) is 14.7 Å². The topological polar surface area (TPSA) is 96.9 Å². The van der Waals surface area contributed by atoms with E-state index >= 15 is 0 Å². The quantitative estimate of drug-likeness (QED) is 0.460. The van der Waals surface area contributed by atoms with Crippen LogP contribution in [-0.2, 0) is 14.1 Å². The number of amides is 2. The molecule has 1 unspecified atom stereocenters. The molecule has 2 atom stereocenters. The van der Waals surface area contributed by atoms with Crippen molar-refractivity contribution >= 4 is 18.9 Å². The highest BCUT2D eigenvalue weighted by molar-refractivity contribution is 6.48. The number of aryl methyl sites for hydroxylation is 1. The summed E-state index contributed by atoms with van der Waals surface area (Å²) in [7, 11) is -0.638. The highest BCUT2D eigenvalue weighted by atomic mass is 16.7. The molecule has 0 aliphatic carbocycles. The Balaban J connectivity index is 1.75. The van der Waals surface area contributed by atoms with E-state index in [0.29, 0.717) is 12.0 Å². The molecule has 1 heterocycles. The second-order valence-corrected chi connectivity index (χ2v) is 11.0. The molecule has 194 valence electrons. The largest absolute Gasteiger partial charge is 0.481 e. The van der Waals surface area contributed by atoms with Crippen LogP contribution in [0.15, 0.2) is 48.5 Å². The average molecular weight is 494 g/mol. The van der Waals surface area contributed by atoms with E-state index in [1.165, 1.54) is 0 Å². The summed E-state index contributed by atoms with van der Waals surface area (Å²) in [4.78, 5) is 26.4. The minimum atomic E-state index is -1.12. The van der Waals surface area contributed by atoms with Crippen molar-refractivity contribution in [1.29, 1.82) is 0 Å². The van der Waals surface area contributed by atoms with Crippen LogP contribution in [-0.4, -0.2) is 53.8 Å². The summed E-state index contributed by atoms with van der Waals surface area (Å²) in [6.07, 6.45) is 0.618. The lowest BCUT2D eigenvalue weighted by Crippen LogP contribution is -2.56. The van der Waals surface area contributed by atoms with Gasteiger partial charge in [0.1, 0.15) is 6.04 Å². The number of carbonyl (C=O) groups excluding carboxylic acids is 2. The van der Waals surface area contributed by atoms with E-state index in [1.807, 2.05) is 77.1 Å². The van der Waals surface area contributed by atoms with Crippen LogP contribution < -0.4 is 10.6 Å². The van der Waals surface area contributed by atoms with Crippen LogP contribution in [0, 0.1) is 12.8 Å². The van der Waals surface area contributed by atoms with E-state index in [2.05, 4.69) is 24.5 Å². The minimum absolute atomic E-state index is 0.264. The summed E-state index contributed by atoms with van der Waals surface area (Å²) in [5, 5.41) is 15.6. The van der Waals surface area contributed by atoms with Crippen LogP contribution in [0.4, 0.5) is 0 Å². The highest BCUT2D eigenvalue weighted by Crippen LogP contribution is 2.38. The van der Waals surface area contributed by atoms with Gasteiger partial charge in [-0.3, -0.25) is 9.59 Å². The Morgan fingerprint density at radius 2 is 1.56 bits per heavy atom. The number of hydrogen-bond acceptors (Lipinski definition) is 5. The van der Waals surface area contributed by atoms with Gasteiger partial charge in [-0.2, -0.15) is 0 Å². The van der Waals surface area contributed by atoms with Crippen molar-refractivity contribution in [3.05, 3.63) is 59.7 Å². The van der Waals surface area contributed by atoms with Crippen LogP contribution >= 0.6 is 0 Å². The van der Waals surface area contributed by atoms with Crippen molar-refractivity contribution < 1.29 is 24.0 Å². The normalized spacial score (nSPS) is 18.1. The van der Waals surface area contributed by atoms with Crippen LogP contribution in [0.1, 0.15) is 63.9 Å². The minimum Gasteiger partial charge on any atom is -0.402 e. The number of hydrogen-bond donors (Lipinski definition) is 3. The molecule has 1 aliphatic heterocycles. The fourth-order valence-corrected chi connectivity index (χ4v) is 4.19. The predicted octanol–water partition coefficient (Wildman–Crippen LogP) is 3.92. The van der Waals surface area contributed by atoms with Crippen LogP contribution in [0.5, 0.6) is 0 Å². The third kappa shape index (κ3) is 6.36. The molecule has 1 saturated heterocycles. The smallest absolute Gasteiger partial charge is 0.402 e. The van der Waals surface area contributed by atoms with E-state index in [-0.39, 0.29) is 5.92 Å². The van der Waals surface area contributed by atoms with Crippen LogP contribution in [0.25, 0.3) is 11.1 Å². The van der Waals surface area contributed by atoms with E-state index in [1.54, 1.807) is 6.07 Å². The second kappa shape index (κ2) is 11.2. The average Bonchev–Trinajstić information content (AvgIpc) is 3.04. The third-order valence-electron chi connectivity index (χ3n) is 7.05. The zero-order valence-corrected chi connectivity index (χ0v) is 22.4. The second-order valence-electron chi connectivity index (χ2n) is 11.0. The lowest BCUT2D eigenvalue weighted by Gasteiger charge is -2.32. The molecule has 0 saturated carbocycles. The molecule has 8 heteroatoms. The molecule has 1 aliphatic rings. The van der Waals surface area contributed by atoms with Gasteiger partial charge in [0.2, 0.25) is 5.91 Å². The molecular weight excluding hydrogens is 455 g/mol. The highest BCUT2D eigenvalue weighted by Gasteiger charge is 2.54. The maximum absolute atomic E-state index is 13.2. The number of aliphatic hydroxyl groups excluding tert-OH is 1. The van der Waals surface area contributed by atoms with Gasteiger partial charge in [0.05, 0.1) is 23.8 Å². The molecule has 0 radical (unpaired) electrons. The van der Waals surface area contributed by atoms with Crippen molar-refractivity contribution in [3.8, 4) is 11.1 Å². The predicted molar refractivity (Wildman–Crippen MR) is 142 cm³/mol. The van der Waals surface area contributed by atoms with Gasteiger partial charge in [0, 0.05) is 5.56 Å². The summed E-state index contributed by atoms with van der Waals surface area (Å²) in [6, 6.07) is 14.3. The van der Waals surface area contributed by atoms with Gasteiger partial charge in [-0.25, -0.2) is 0 Å². The Labute approximate surface area is 215 Å². The summed E-state index contributed by atoms with van der Waals surface area (Å²) < 4.78 is 12.4. The molecule has 2 amide bonds. The molecule has 7 nitrogen and oxygen atoms in total. The standard InChI is InChI=1S/C28H39BN2O5/c1-18(2)15-24(29-35-27(4,5)28(6,7)36-29)31-26(34)23(17-32)30-25(33)22-16-21(14-13-19(22)3)20-11-9-8-10-12-20/h8-14,16,18,23-24,32H,15,17H2,1-7H3,(H,30,33)(H,31,34)/t23-,24?/m0/s1. The lowest BCUT2D eigenvalue weighted by atomic mass is 9.74. The van der Waals surface area contributed by atoms with Crippen LogP contribution in [0.3, 0.4) is 0 Å². The van der Waals surface area contributed by atoms with Crippen molar-refractivity contribution in [1.82, 2.24) is 10.6 Å². The van der Waals surface area contributed by atoms with Crippen molar-refractivity contribution in [2.45, 2.75) is 78.1 Å². The first-order chi connectivity index (χ1) is 16.8. The maximum atomic E-state index is 13.2. The van der Waals surface area contributed by atoms with Gasteiger partial charge in [-0.05, 0) is 69.7 Å². The van der Waals surface area contributed by atoms with Crippen molar-refractivity contribution in [2.24, 2.45) is 5.92 Å². The van der Waals surface area contributed by atoms with E-state index in [0.717, 1.165) is 16.7 Å². The van der Waals surface area contributed by atoms with E-state index < -0.39 is 48.7 Å². The molecule has 0 aromatic heterocycles. The SMILES string of the molecule is Cc1ccc(-c2ccccc2)cc1C(=O)N[C@@H](CO)C(=O)NC(CC(C)C)B1OC(C)(C)C(C)(C)O1. The Morgan fingerprint density at radius 1 is 0.944 bits per heavy atom. The zero-order valence-electron chi connectivity index (χ0n) is 22.4. The van der Waals surface area contributed by atoms with Gasteiger partial charge in [0.25, 0.3) is 5.91 Å². The Hall–Kier alpha value is -2.68. The molecular formula is C28H39BN2O5. The van der Waals surface area contributed by atoms with Crippen molar-refractivity contribution in [3.63, 3.8) is 0 Å². The molecule has 3 rings (SSSR count). The molecule has 2 aromatic rings. The number of rotatable bonds is 9. The fraction of sp³-hybridized carbons (Fsp3) is 0.500. The number of nitrogens with one attached hydrogen (secondary N) is 2. The first-order valence-electron chi connectivity index (χ1n) is 12.6. The first-order valence-corrected chi connectivity index (χ1v) is 12.6. The number of aliphatic hydroxyl groups is 1. The van der Waals surface area contributed by atoms with Gasteiger partial charge >= 0.3 is 7.12 Å². The molecule has 36 heavy (non-hydrogen) atoms. The Bertz CT molecular complexity index is 1050.